The molecule has 3 aromatic rings. The molecule has 0 radical (unpaired) electrons. The molecule has 4 rings (SSSR count). The van der Waals surface area contributed by atoms with Crippen LogP contribution in [0.4, 0.5) is 0 Å². The van der Waals surface area contributed by atoms with Gasteiger partial charge in [-0.3, -0.25) is 9.36 Å². The molecule has 1 aliphatic heterocycles. The number of aromatic nitrogens is 2. The molecule has 3 heterocycles. The second-order valence-corrected chi connectivity index (χ2v) is 8.53. The van der Waals surface area contributed by atoms with Crippen molar-refractivity contribution in [1.82, 2.24) is 9.55 Å². The lowest BCUT2D eigenvalue weighted by Gasteiger charge is -2.16. The first kappa shape index (κ1) is 17.9. The Hall–Kier alpha value is -1.44. The van der Waals surface area contributed by atoms with E-state index in [1.807, 2.05) is 16.7 Å². The molecule has 1 aliphatic rings. The van der Waals surface area contributed by atoms with Crippen molar-refractivity contribution in [2.45, 2.75) is 33.2 Å². The minimum Gasteiger partial charge on any atom is -0.485 e. The standard InChI is InChI=1S/C19H22BrN3O2S/c1-3-22(4-2)10-11-25-16-13(20)8-7-12-15-18(26-17(12)16)21-14-6-5-9-23(14)19(15)24/h7-8H,3-6,9-11H2,1-2H3/p+1. The Morgan fingerprint density at radius 2 is 2.15 bits per heavy atom. The van der Waals surface area contributed by atoms with Gasteiger partial charge in [-0.15, -0.1) is 11.3 Å². The molecule has 0 amide bonds. The largest absolute Gasteiger partial charge is 0.485 e. The number of rotatable bonds is 6. The molecule has 0 unspecified atom stereocenters. The minimum absolute atomic E-state index is 0.0922. The average Bonchev–Trinajstić information content (AvgIpc) is 3.25. The predicted molar refractivity (Wildman–Crippen MR) is 110 cm³/mol. The molecule has 0 fully saturated rings. The highest BCUT2D eigenvalue weighted by Gasteiger charge is 2.21. The molecule has 0 aliphatic carbocycles. The number of halogens is 1. The number of thiophene rings is 1. The Labute approximate surface area is 164 Å². The van der Waals surface area contributed by atoms with Crippen LogP contribution < -0.4 is 15.2 Å². The second-order valence-electron chi connectivity index (χ2n) is 6.68. The number of nitrogens with zero attached hydrogens (tertiary/aromatic N) is 2. The highest BCUT2D eigenvalue weighted by molar-refractivity contribution is 9.10. The summed E-state index contributed by atoms with van der Waals surface area (Å²) in [5.41, 5.74) is 0.0922. The zero-order valence-corrected chi connectivity index (χ0v) is 17.5. The Morgan fingerprint density at radius 1 is 1.35 bits per heavy atom. The molecule has 26 heavy (non-hydrogen) atoms. The van der Waals surface area contributed by atoms with Crippen molar-refractivity contribution in [2.75, 3.05) is 26.2 Å². The average molecular weight is 437 g/mol. The van der Waals surface area contributed by atoms with E-state index >= 15 is 0 Å². The first-order valence-electron chi connectivity index (χ1n) is 9.24. The van der Waals surface area contributed by atoms with Gasteiger partial charge in [0.25, 0.3) is 5.56 Å². The maximum atomic E-state index is 12.9. The monoisotopic (exact) mass is 436 g/mol. The van der Waals surface area contributed by atoms with E-state index in [0.717, 1.165) is 75.4 Å². The maximum Gasteiger partial charge on any atom is 0.262 e. The molecule has 0 atom stereocenters. The summed E-state index contributed by atoms with van der Waals surface area (Å²) in [4.78, 5) is 20.1. The molecule has 2 aromatic heterocycles. The molecule has 1 aromatic carbocycles. The van der Waals surface area contributed by atoms with Gasteiger partial charge in [0.15, 0.2) is 5.75 Å². The zero-order chi connectivity index (χ0) is 18.3. The molecular formula is C19H23BrN3O2S+. The number of hydrogen-bond donors (Lipinski definition) is 1. The highest BCUT2D eigenvalue weighted by atomic mass is 79.9. The number of fused-ring (bicyclic) bond motifs is 4. The SMILES string of the molecule is CC[NH+](CC)CCOc1c(Br)ccc2c1sc1nc3n(c(=O)c12)CCC3. The van der Waals surface area contributed by atoms with Crippen molar-refractivity contribution < 1.29 is 9.64 Å². The van der Waals surface area contributed by atoms with Gasteiger partial charge in [-0.05, 0) is 42.3 Å². The van der Waals surface area contributed by atoms with E-state index in [9.17, 15) is 4.79 Å². The Balaban J connectivity index is 1.78. The summed E-state index contributed by atoms with van der Waals surface area (Å²) < 4.78 is 9.94. The topological polar surface area (TPSA) is 48.6 Å². The molecule has 7 heteroatoms. The third kappa shape index (κ3) is 2.96. The van der Waals surface area contributed by atoms with Gasteiger partial charge in [0.2, 0.25) is 0 Å². The first-order valence-corrected chi connectivity index (χ1v) is 10.9. The fraction of sp³-hybridized carbons (Fsp3) is 0.474. The highest BCUT2D eigenvalue weighted by Crippen LogP contribution is 2.41. The third-order valence-corrected chi connectivity index (χ3v) is 6.95. The molecular weight excluding hydrogens is 414 g/mol. The van der Waals surface area contributed by atoms with E-state index in [2.05, 4.69) is 29.8 Å². The molecule has 5 nitrogen and oxygen atoms in total. The lowest BCUT2D eigenvalue weighted by atomic mass is 10.2. The van der Waals surface area contributed by atoms with Crippen LogP contribution >= 0.6 is 27.3 Å². The first-order chi connectivity index (χ1) is 12.6. The normalized spacial score (nSPS) is 13.8. The van der Waals surface area contributed by atoms with Crippen molar-refractivity contribution in [3.05, 3.63) is 32.8 Å². The number of benzene rings is 1. The summed E-state index contributed by atoms with van der Waals surface area (Å²) in [6.07, 6.45) is 1.89. The van der Waals surface area contributed by atoms with E-state index in [4.69, 9.17) is 9.72 Å². The van der Waals surface area contributed by atoms with E-state index in [-0.39, 0.29) is 5.56 Å². The quantitative estimate of drug-likeness (QED) is 0.645. The number of ether oxygens (including phenoxy) is 1. The molecule has 0 spiro atoms. The van der Waals surface area contributed by atoms with Gasteiger partial charge < -0.3 is 9.64 Å². The predicted octanol–water partition coefficient (Wildman–Crippen LogP) is 2.62. The second kappa shape index (κ2) is 7.29. The maximum absolute atomic E-state index is 12.9. The summed E-state index contributed by atoms with van der Waals surface area (Å²) in [7, 11) is 0. The Morgan fingerprint density at radius 3 is 2.92 bits per heavy atom. The van der Waals surface area contributed by atoms with E-state index in [0.29, 0.717) is 6.61 Å². The minimum atomic E-state index is 0.0922. The van der Waals surface area contributed by atoms with Crippen molar-refractivity contribution in [3.8, 4) is 5.75 Å². The molecule has 1 N–H and O–H groups in total. The van der Waals surface area contributed by atoms with Crippen LogP contribution in [0.3, 0.4) is 0 Å². The van der Waals surface area contributed by atoms with Crippen LogP contribution in [-0.4, -0.2) is 35.8 Å². The van der Waals surface area contributed by atoms with Crippen molar-refractivity contribution >= 4 is 47.6 Å². The smallest absolute Gasteiger partial charge is 0.262 e. The number of hydrogen-bond acceptors (Lipinski definition) is 4. The number of aryl methyl sites for hydroxylation is 1. The Bertz CT molecular complexity index is 1020. The van der Waals surface area contributed by atoms with Gasteiger partial charge in [0, 0.05) is 18.4 Å². The lowest BCUT2D eigenvalue weighted by Crippen LogP contribution is -3.12. The molecule has 0 bridgehead atoms. The van der Waals surface area contributed by atoms with Crippen LogP contribution in [0, 0.1) is 0 Å². The van der Waals surface area contributed by atoms with Crippen molar-refractivity contribution in [1.29, 1.82) is 0 Å². The van der Waals surface area contributed by atoms with Crippen LogP contribution in [0.1, 0.15) is 26.1 Å². The van der Waals surface area contributed by atoms with Crippen LogP contribution in [0.25, 0.3) is 20.3 Å². The summed E-state index contributed by atoms with van der Waals surface area (Å²) in [6.45, 7) is 8.99. The lowest BCUT2D eigenvalue weighted by molar-refractivity contribution is -0.896. The summed E-state index contributed by atoms with van der Waals surface area (Å²) in [6, 6.07) is 3.98. The van der Waals surface area contributed by atoms with Crippen LogP contribution in [0.5, 0.6) is 5.75 Å². The fourth-order valence-electron chi connectivity index (χ4n) is 3.67. The van der Waals surface area contributed by atoms with E-state index in [1.54, 1.807) is 11.3 Å². The summed E-state index contributed by atoms with van der Waals surface area (Å²) >= 11 is 5.19. The zero-order valence-electron chi connectivity index (χ0n) is 15.1. The number of quaternary nitrogens is 1. The molecule has 0 saturated heterocycles. The fourth-order valence-corrected chi connectivity index (χ4v) is 5.43. The van der Waals surface area contributed by atoms with Crippen molar-refractivity contribution in [3.63, 3.8) is 0 Å². The third-order valence-electron chi connectivity index (χ3n) is 5.23. The summed E-state index contributed by atoms with van der Waals surface area (Å²) in [5.74, 6) is 1.75. The number of nitrogens with one attached hydrogen (secondary N) is 1. The van der Waals surface area contributed by atoms with E-state index < -0.39 is 0 Å². The summed E-state index contributed by atoms with van der Waals surface area (Å²) in [5, 5.41) is 1.69. The van der Waals surface area contributed by atoms with Crippen LogP contribution in [0.2, 0.25) is 0 Å². The Kier molecular flexibility index (Phi) is 5.03. The van der Waals surface area contributed by atoms with Gasteiger partial charge in [0.05, 0.1) is 27.6 Å². The van der Waals surface area contributed by atoms with Gasteiger partial charge in [-0.2, -0.15) is 0 Å². The van der Waals surface area contributed by atoms with Gasteiger partial charge in [-0.1, -0.05) is 6.07 Å². The molecule has 0 saturated carbocycles. The van der Waals surface area contributed by atoms with Gasteiger partial charge in [0.1, 0.15) is 23.8 Å². The van der Waals surface area contributed by atoms with E-state index in [1.165, 1.54) is 4.90 Å². The number of likely N-dealkylation sites (N-methyl/N-ethyl adjacent to an activating group) is 1. The van der Waals surface area contributed by atoms with Gasteiger partial charge in [-0.25, -0.2) is 4.98 Å². The van der Waals surface area contributed by atoms with Crippen molar-refractivity contribution in [2.24, 2.45) is 0 Å². The van der Waals surface area contributed by atoms with Crippen LogP contribution in [0.15, 0.2) is 21.4 Å². The van der Waals surface area contributed by atoms with Crippen LogP contribution in [-0.2, 0) is 13.0 Å². The molecule has 138 valence electrons. The van der Waals surface area contributed by atoms with Gasteiger partial charge >= 0.3 is 0 Å².